The zero-order valence-electron chi connectivity index (χ0n) is 17.5. The van der Waals surface area contributed by atoms with Gasteiger partial charge in [-0.15, -0.1) is 5.10 Å². The lowest BCUT2D eigenvalue weighted by Gasteiger charge is -2.19. The van der Waals surface area contributed by atoms with Crippen LogP contribution in [0.15, 0.2) is 47.4 Å². The highest BCUT2D eigenvalue weighted by atomic mass is 35.5. The molecule has 3 aromatic rings. The molecule has 0 spiro atoms. The molecule has 0 unspecified atom stereocenters. The number of aromatic nitrogens is 3. The first-order chi connectivity index (χ1) is 14.4. The number of benzene rings is 2. The molecule has 0 fully saturated rings. The molecule has 2 N–H and O–H groups in total. The van der Waals surface area contributed by atoms with E-state index in [1.54, 1.807) is 31.2 Å². The predicted molar refractivity (Wildman–Crippen MR) is 119 cm³/mol. The van der Waals surface area contributed by atoms with Crippen LogP contribution in [-0.4, -0.2) is 34.5 Å². The Labute approximate surface area is 185 Å². The molecule has 0 bridgehead atoms. The normalized spacial score (nSPS) is 12.0. The second-order valence-corrected chi connectivity index (χ2v) is 10.1. The monoisotopic (exact) mass is 462 g/mol. The van der Waals surface area contributed by atoms with Gasteiger partial charge < -0.3 is 5.11 Å². The average molecular weight is 463 g/mol. The molecular formula is C21H23ClN4O4S. The van der Waals surface area contributed by atoms with E-state index in [1.165, 1.54) is 22.9 Å². The molecule has 164 valence electrons. The van der Waals surface area contributed by atoms with Gasteiger partial charge >= 0.3 is 5.97 Å². The number of rotatable bonds is 6. The maximum atomic E-state index is 13.0. The summed E-state index contributed by atoms with van der Waals surface area (Å²) in [7, 11) is -3.92. The Balaban J connectivity index is 2.05. The van der Waals surface area contributed by atoms with E-state index in [4.69, 9.17) is 11.6 Å². The van der Waals surface area contributed by atoms with Gasteiger partial charge in [-0.1, -0.05) is 56.6 Å². The Morgan fingerprint density at radius 1 is 1.16 bits per heavy atom. The largest absolute Gasteiger partial charge is 0.476 e. The third-order valence-electron chi connectivity index (χ3n) is 4.76. The molecule has 0 amide bonds. The van der Waals surface area contributed by atoms with Crippen molar-refractivity contribution >= 4 is 33.3 Å². The number of sulfonamides is 1. The van der Waals surface area contributed by atoms with Crippen LogP contribution in [-0.2, 0) is 21.9 Å². The summed E-state index contributed by atoms with van der Waals surface area (Å²) in [5.74, 6) is -1.22. The van der Waals surface area contributed by atoms with Crippen LogP contribution < -0.4 is 4.72 Å². The van der Waals surface area contributed by atoms with Crippen LogP contribution in [0.5, 0.6) is 0 Å². The Morgan fingerprint density at radius 2 is 1.81 bits per heavy atom. The van der Waals surface area contributed by atoms with Crippen LogP contribution in [0.3, 0.4) is 0 Å². The number of nitrogens with zero attached hydrogens (tertiary/aromatic N) is 3. The molecule has 0 aliphatic heterocycles. The number of hydrogen-bond acceptors (Lipinski definition) is 5. The van der Waals surface area contributed by atoms with Gasteiger partial charge in [0.15, 0.2) is 5.69 Å². The summed E-state index contributed by atoms with van der Waals surface area (Å²) in [6.07, 6.45) is 0.321. The molecular weight excluding hydrogens is 440 g/mol. The molecule has 3 rings (SSSR count). The zero-order valence-corrected chi connectivity index (χ0v) is 19.1. The van der Waals surface area contributed by atoms with E-state index in [1.807, 2.05) is 20.8 Å². The predicted octanol–water partition coefficient (Wildman–Crippen LogP) is 4.28. The SMILES string of the molecule is CCc1c(C(=O)O)nnn1-c1cc(Cl)ccc1NS(=O)(=O)c1ccc(C(C)(C)C)cc1. The number of nitrogens with one attached hydrogen (secondary N) is 1. The molecule has 0 aliphatic rings. The van der Waals surface area contributed by atoms with E-state index in [-0.39, 0.29) is 27.4 Å². The highest BCUT2D eigenvalue weighted by molar-refractivity contribution is 7.92. The maximum Gasteiger partial charge on any atom is 0.358 e. The van der Waals surface area contributed by atoms with Crippen molar-refractivity contribution in [3.05, 3.63) is 64.4 Å². The van der Waals surface area contributed by atoms with Crippen LogP contribution in [0.2, 0.25) is 5.02 Å². The number of halogens is 1. The molecule has 0 radical (unpaired) electrons. The van der Waals surface area contributed by atoms with Gasteiger partial charge in [0.1, 0.15) is 0 Å². The molecule has 0 saturated heterocycles. The van der Waals surface area contributed by atoms with E-state index in [9.17, 15) is 18.3 Å². The number of carbonyl (C=O) groups is 1. The first-order valence-electron chi connectivity index (χ1n) is 9.55. The maximum absolute atomic E-state index is 13.0. The lowest BCUT2D eigenvalue weighted by atomic mass is 9.87. The Hall–Kier alpha value is -2.91. The fourth-order valence-corrected chi connectivity index (χ4v) is 4.32. The molecule has 0 atom stereocenters. The molecule has 8 nitrogen and oxygen atoms in total. The summed E-state index contributed by atoms with van der Waals surface area (Å²) in [6, 6.07) is 11.2. The third-order valence-corrected chi connectivity index (χ3v) is 6.38. The smallest absolute Gasteiger partial charge is 0.358 e. The third kappa shape index (κ3) is 4.72. The number of hydrogen-bond donors (Lipinski definition) is 2. The van der Waals surface area contributed by atoms with Crippen molar-refractivity contribution in [1.82, 2.24) is 15.0 Å². The van der Waals surface area contributed by atoms with E-state index in [2.05, 4.69) is 15.0 Å². The van der Waals surface area contributed by atoms with Gasteiger partial charge in [-0.3, -0.25) is 4.72 Å². The van der Waals surface area contributed by atoms with Crippen LogP contribution in [0.25, 0.3) is 5.69 Å². The van der Waals surface area contributed by atoms with Gasteiger partial charge in [-0.2, -0.15) is 0 Å². The molecule has 1 aromatic heterocycles. The Morgan fingerprint density at radius 3 is 2.35 bits per heavy atom. The van der Waals surface area contributed by atoms with Gasteiger partial charge in [0.05, 0.1) is 22.0 Å². The number of carboxylic acid groups (broad SMARTS) is 1. The highest BCUT2D eigenvalue weighted by Gasteiger charge is 2.23. The summed E-state index contributed by atoms with van der Waals surface area (Å²) in [4.78, 5) is 11.5. The van der Waals surface area contributed by atoms with Gasteiger partial charge in [0.2, 0.25) is 0 Å². The summed E-state index contributed by atoms with van der Waals surface area (Å²) in [5.41, 5.74) is 1.50. The average Bonchev–Trinajstić information content (AvgIpc) is 3.13. The molecule has 10 heteroatoms. The number of anilines is 1. The van der Waals surface area contributed by atoms with Crippen LogP contribution >= 0.6 is 11.6 Å². The zero-order chi connectivity index (χ0) is 23.0. The molecule has 0 saturated carbocycles. The lowest BCUT2D eigenvalue weighted by molar-refractivity contribution is 0.0689. The van der Waals surface area contributed by atoms with Crippen molar-refractivity contribution in [2.75, 3.05) is 4.72 Å². The second-order valence-electron chi connectivity index (χ2n) is 8.00. The topological polar surface area (TPSA) is 114 Å². The number of carboxylic acids is 1. The minimum Gasteiger partial charge on any atom is -0.476 e. The van der Waals surface area contributed by atoms with E-state index in [0.717, 1.165) is 5.56 Å². The summed E-state index contributed by atoms with van der Waals surface area (Å²) >= 11 is 6.12. The minimum absolute atomic E-state index is 0.0990. The van der Waals surface area contributed by atoms with Crippen molar-refractivity contribution in [3.8, 4) is 5.69 Å². The van der Waals surface area contributed by atoms with Gasteiger partial charge in [0.25, 0.3) is 10.0 Å². The number of aromatic carboxylic acids is 1. The standard InChI is InChI=1S/C21H23ClN4O4S/c1-5-17-19(20(27)28)23-25-26(17)18-12-14(22)8-11-16(18)24-31(29,30)15-9-6-13(7-10-15)21(2,3)4/h6-12,24H,5H2,1-4H3,(H,27,28). The lowest BCUT2D eigenvalue weighted by Crippen LogP contribution is -2.17. The fraction of sp³-hybridized carbons (Fsp3) is 0.286. The molecule has 1 heterocycles. The van der Waals surface area contributed by atoms with E-state index < -0.39 is 16.0 Å². The van der Waals surface area contributed by atoms with Crippen molar-refractivity contribution in [2.45, 2.75) is 44.4 Å². The van der Waals surface area contributed by atoms with Crippen LogP contribution in [0.1, 0.15) is 49.4 Å². The van der Waals surface area contributed by atoms with Gasteiger partial charge in [0, 0.05) is 5.02 Å². The summed E-state index contributed by atoms with van der Waals surface area (Å²) in [6.45, 7) is 7.89. The second kappa shape index (κ2) is 8.32. The van der Waals surface area contributed by atoms with E-state index >= 15 is 0 Å². The van der Waals surface area contributed by atoms with E-state index in [0.29, 0.717) is 17.1 Å². The van der Waals surface area contributed by atoms with Crippen molar-refractivity contribution < 1.29 is 18.3 Å². The minimum atomic E-state index is -3.92. The molecule has 2 aromatic carbocycles. The fourth-order valence-electron chi connectivity index (χ4n) is 3.08. The van der Waals surface area contributed by atoms with Crippen molar-refractivity contribution in [1.29, 1.82) is 0 Å². The molecule has 31 heavy (non-hydrogen) atoms. The first-order valence-corrected chi connectivity index (χ1v) is 11.4. The Kier molecular flexibility index (Phi) is 6.11. The van der Waals surface area contributed by atoms with Gasteiger partial charge in [-0.05, 0) is 47.7 Å². The van der Waals surface area contributed by atoms with Gasteiger partial charge in [-0.25, -0.2) is 17.9 Å². The Bertz CT molecular complexity index is 1230. The molecule has 0 aliphatic carbocycles. The van der Waals surface area contributed by atoms with Crippen LogP contribution in [0.4, 0.5) is 5.69 Å². The van der Waals surface area contributed by atoms with Crippen LogP contribution in [0, 0.1) is 0 Å². The summed E-state index contributed by atoms with van der Waals surface area (Å²) < 4.78 is 29.9. The van der Waals surface area contributed by atoms with Crippen molar-refractivity contribution in [3.63, 3.8) is 0 Å². The first kappa shape index (κ1) is 22.8. The summed E-state index contributed by atoms with van der Waals surface area (Å²) in [5, 5.41) is 17.3. The highest BCUT2D eigenvalue weighted by Crippen LogP contribution is 2.29. The quantitative estimate of drug-likeness (QED) is 0.565. The van der Waals surface area contributed by atoms with Crippen molar-refractivity contribution in [2.24, 2.45) is 0 Å².